The molecule has 0 radical (unpaired) electrons. The number of rotatable bonds is 2. The molecule has 0 bridgehead atoms. The van der Waals surface area contributed by atoms with Crippen molar-refractivity contribution in [2.24, 2.45) is 0 Å². The molecular formula is C13H6BrF4NO2. The summed E-state index contributed by atoms with van der Waals surface area (Å²) < 4.78 is 58.5. The second-order valence-corrected chi connectivity index (χ2v) is 4.88. The molecule has 0 spiro atoms. The largest absolute Gasteiger partial charge is 0.415 e. The van der Waals surface area contributed by atoms with Crippen molar-refractivity contribution in [3.8, 4) is 5.75 Å². The van der Waals surface area contributed by atoms with Crippen LogP contribution in [0.25, 0.3) is 0 Å². The fourth-order valence-corrected chi connectivity index (χ4v) is 1.69. The van der Waals surface area contributed by atoms with Crippen LogP contribution in [-0.4, -0.2) is 11.0 Å². The zero-order chi connectivity index (χ0) is 15.7. The van der Waals surface area contributed by atoms with E-state index in [1.165, 1.54) is 18.3 Å². The lowest BCUT2D eigenvalue weighted by Crippen LogP contribution is -2.14. The molecule has 0 unspecified atom stereocenters. The van der Waals surface area contributed by atoms with Crippen LogP contribution in [0.5, 0.6) is 5.75 Å². The Morgan fingerprint density at radius 3 is 2.33 bits per heavy atom. The minimum absolute atomic E-state index is 0.251. The molecular weight excluding hydrogens is 358 g/mol. The first-order chi connectivity index (χ1) is 9.82. The lowest BCUT2D eigenvalue weighted by Gasteiger charge is -2.09. The lowest BCUT2D eigenvalue weighted by atomic mass is 10.2. The number of halogens is 5. The van der Waals surface area contributed by atoms with Gasteiger partial charge in [0.05, 0.1) is 0 Å². The minimum Gasteiger partial charge on any atom is -0.415 e. The molecule has 2 aromatic rings. The molecule has 0 saturated heterocycles. The molecule has 21 heavy (non-hydrogen) atoms. The Hall–Kier alpha value is -1.96. The summed E-state index contributed by atoms with van der Waals surface area (Å²) in [5, 5.41) is 0. The third-order valence-electron chi connectivity index (χ3n) is 2.57. The fourth-order valence-electron chi connectivity index (χ4n) is 1.45. The molecule has 1 heterocycles. The van der Waals surface area contributed by atoms with E-state index in [1.807, 2.05) is 0 Å². The number of benzene rings is 1. The van der Waals surface area contributed by atoms with E-state index in [4.69, 9.17) is 0 Å². The molecule has 0 atom stereocenters. The Morgan fingerprint density at radius 2 is 1.76 bits per heavy atom. The van der Waals surface area contributed by atoms with Gasteiger partial charge in [0.1, 0.15) is 5.69 Å². The van der Waals surface area contributed by atoms with E-state index >= 15 is 0 Å². The van der Waals surface area contributed by atoms with Gasteiger partial charge in [0, 0.05) is 16.2 Å². The molecule has 0 aliphatic heterocycles. The summed E-state index contributed by atoms with van der Waals surface area (Å²) in [5.41, 5.74) is -1.04. The molecule has 110 valence electrons. The van der Waals surface area contributed by atoms with E-state index in [0.717, 1.165) is 6.92 Å². The summed E-state index contributed by atoms with van der Waals surface area (Å²) >= 11 is 3.09. The highest BCUT2D eigenvalue weighted by atomic mass is 79.9. The zero-order valence-electron chi connectivity index (χ0n) is 10.4. The Bertz CT molecular complexity index is 690. The first-order valence-electron chi connectivity index (χ1n) is 5.49. The lowest BCUT2D eigenvalue weighted by molar-refractivity contribution is 0.0711. The molecule has 0 aliphatic rings. The highest BCUT2D eigenvalue weighted by molar-refractivity contribution is 9.10. The van der Waals surface area contributed by atoms with Gasteiger partial charge in [-0.15, -0.1) is 0 Å². The molecule has 1 aromatic carbocycles. The number of hydrogen-bond acceptors (Lipinski definition) is 3. The number of carbonyl (C=O) groups excluding carboxylic acids is 1. The summed E-state index contributed by atoms with van der Waals surface area (Å²) in [7, 11) is 0. The van der Waals surface area contributed by atoms with Gasteiger partial charge in [-0.2, -0.15) is 4.39 Å². The average molecular weight is 364 g/mol. The molecule has 0 N–H and O–H groups in total. The first kappa shape index (κ1) is 15.4. The van der Waals surface area contributed by atoms with E-state index in [2.05, 4.69) is 25.7 Å². The average Bonchev–Trinajstić information content (AvgIpc) is 2.48. The second-order valence-electron chi connectivity index (χ2n) is 3.96. The number of esters is 1. The van der Waals surface area contributed by atoms with Crippen LogP contribution in [0.3, 0.4) is 0 Å². The Morgan fingerprint density at radius 1 is 1.10 bits per heavy atom. The monoisotopic (exact) mass is 363 g/mol. The second kappa shape index (κ2) is 5.80. The predicted molar refractivity (Wildman–Crippen MR) is 67.9 cm³/mol. The van der Waals surface area contributed by atoms with Crippen LogP contribution in [0.2, 0.25) is 0 Å². The van der Waals surface area contributed by atoms with Crippen molar-refractivity contribution in [3.05, 3.63) is 57.3 Å². The number of aromatic nitrogens is 1. The van der Waals surface area contributed by atoms with E-state index in [9.17, 15) is 22.4 Å². The van der Waals surface area contributed by atoms with Gasteiger partial charge in [-0.1, -0.05) is 0 Å². The maximum absolute atomic E-state index is 13.7. The highest BCUT2D eigenvalue weighted by Crippen LogP contribution is 2.30. The number of carbonyl (C=O) groups is 1. The smallest absolute Gasteiger partial charge is 0.362 e. The molecule has 3 nitrogen and oxygen atoms in total. The van der Waals surface area contributed by atoms with Gasteiger partial charge in [0.15, 0.2) is 17.5 Å². The molecule has 8 heteroatoms. The number of nitrogens with zero attached hydrogens (tertiary/aromatic N) is 1. The number of ether oxygens (including phenoxy) is 1. The molecule has 1 aromatic heterocycles. The van der Waals surface area contributed by atoms with Gasteiger partial charge in [0.25, 0.3) is 0 Å². The first-order valence-corrected chi connectivity index (χ1v) is 6.28. The van der Waals surface area contributed by atoms with Crippen LogP contribution in [0.15, 0.2) is 22.8 Å². The molecule has 2 rings (SSSR count). The number of pyridine rings is 1. The normalized spacial score (nSPS) is 10.6. The van der Waals surface area contributed by atoms with E-state index < -0.39 is 40.6 Å². The van der Waals surface area contributed by atoms with Crippen molar-refractivity contribution in [2.75, 3.05) is 0 Å². The van der Waals surface area contributed by atoms with Crippen LogP contribution >= 0.6 is 15.9 Å². The van der Waals surface area contributed by atoms with Crippen LogP contribution in [0.1, 0.15) is 16.1 Å². The topological polar surface area (TPSA) is 39.2 Å². The molecule has 0 fully saturated rings. The van der Waals surface area contributed by atoms with Crippen molar-refractivity contribution in [1.29, 1.82) is 0 Å². The summed E-state index contributed by atoms with van der Waals surface area (Å²) in [6, 6.07) is 2.68. The standard InChI is InChI=1S/C13H6BrF4NO2/c1-5-8(15)10(17)11(18)12(9(5)16)21-13(20)7-3-2-6(14)4-19-7/h2-4H,1H3. The molecule has 0 saturated carbocycles. The highest BCUT2D eigenvalue weighted by Gasteiger charge is 2.26. The maximum Gasteiger partial charge on any atom is 0.362 e. The summed E-state index contributed by atoms with van der Waals surface area (Å²) in [6.45, 7) is 0.891. The zero-order valence-corrected chi connectivity index (χ0v) is 12.0. The van der Waals surface area contributed by atoms with Crippen LogP contribution in [-0.2, 0) is 0 Å². The molecule has 0 aliphatic carbocycles. The molecule has 0 amide bonds. The van der Waals surface area contributed by atoms with Gasteiger partial charge < -0.3 is 4.74 Å². The van der Waals surface area contributed by atoms with Crippen molar-refractivity contribution in [1.82, 2.24) is 4.98 Å². The quantitative estimate of drug-likeness (QED) is 0.267. The predicted octanol–water partition coefficient (Wildman–Crippen LogP) is 3.93. The van der Waals surface area contributed by atoms with Crippen LogP contribution in [0.4, 0.5) is 17.6 Å². The van der Waals surface area contributed by atoms with Gasteiger partial charge in [-0.3, -0.25) is 0 Å². The summed E-state index contributed by atoms with van der Waals surface area (Å²) in [5.74, 6) is -9.50. The van der Waals surface area contributed by atoms with E-state index in [0.29, 0.717) is 4.47 Å². The third kappa shape index (κ3) is 2.90. The van der Waals surface area contributed by atoms with Crippen molar-refractivity contribution >= 4 is 21.9 Å². The summed E-state index contributed by atoms with van der Waals surface area (Å²) in [4.78, 5) is 15.3. The van der Waals surface area contributed by atoms with E-state index in [-0.39, 0.29) is 5.69 Å². The van der Waals surface area contributed by atoms with Gasteiger partial charge >= 0.3 is 5.97 Å². The minimum atomic E-state index is -1.92. The van der Waals surface area contributed by atoms with Crippen LogP contribution in [0, 0.1) is 30.2 Å². The summed E-state index contributed by atoms with van der Waals surface area (Å²) in [6.07, 6.45) is 1.26. The SMILES string of the molecule is Cc1c(F)c(F)c(F)c(OC(=O)c2ccc(Br)cn2)c1F. The third-order valence-corrected chi connectivity index (χ3v) is 3.04. The van der Waals surface area contributed by atoms with Gasteiger partial charge in [0.2, 0.25) is 11.6 Å². The van der Waals surface area contributed by atoms with Gasteiger partial charge in [-0.05, 0) is 35.0 Å². The van der Waals surface area contributed by atoms with Crippen LogP contribution < -0.4 is 4.74 Å². The Balaban J connectivity index is 2.40. The Labute approximate surface area is 124 Å². The van der Waals surface area contributed by atoms with Crippen molar-refractivity contribution in [3.63, 3.8) is 0 Å². The maximum atomic E-state index is 13.7. The Kier molecular flexibility index (Phi) is 4.26. The van der Waals surface area contributed by atoms with Crippen molar-refractivity contribution in [2.45, 2.75) is 6.92 Å². The van der Waals surface area contributed by atoms with Crippen molar-refractivity contribution < 1.29 is 27.1 Å². The fraction of sp³-hybridized carbons (Fsp3) is 0.0769. The number of hydrogen-bond donors (Lipinski definition) is 0. The van der Waals surface area contributed by atoms with E-state index in [1.54, 1.807) is 0 Å². The van der Waals surface area contributed by atoms with Gasteiger partial charge in [-0.25, -0.2) is 22.9 Å².